The molecule has 0 saturated heterocycles. The van der Waals surface area contributed by atoms with E-state index < -0.39 is 0 Å². The predicted molar refractivity (Wildman–Crippen MR) is 266 cm³/mol. The van der Waals surface area contributed by atoms with Gasteiger partial charge in [-0.25, -0.2) is 0 Å². The van der Waals surface area contributed by atoms with Crippen LogP contribution in [-0.2, 0) is 0 Å². The van der Waals surface area contributed by atoms with Crippen molar-refractivity contribution < 1.29 is 4.42 Å². The Hall–Kier alpha value is -8.40. The molecule has 0 unspecified atom stereocenters. The van der Waals surface area contributed by atoms with Crippen molar-refractivity contribution in [2.45, 2.75) is 0 Å². The monoisotopic (exact) mass is 802 g/mol. The molecule has 0 N–H and O–H groups in total. The van der Waals surface area contributed by atoms with Gasteiger partial charge in [0.05, 0.1) is 16.7 Å². The summed E-state index contributed by atoms with van der Waals surface area (Å²) < 4.78 is 9.57. The molecule has 0 radical (unpaired) electrons. The first-order valence-corrected chi connectivity index (χ1v) is 21.6. The van der Waals surface area contributed by atoms with Crippen molar-refractivity contribution in [1.29, 1.82) is 0 Å². The number of nitrogens with zero attached hydrogens (tertiary/aromatic N) is 2. The summed E-state index contributed by atoms with van der Waals surface area (Å²) in [7, 11) is 0. The molecule has 294 valence electrons. The highest BCUT2D eigenvalue weighted by atomic mass is 16.3. The van der Waals surface area contributed by atoms with Gasteiger partial charge in [-0.1, -0.05) is 164 Å². The molecule has 11 aromatic carbocycles. The summed E-state index contributed by atoms with van der Waals surface area (Å²) >= 11 is 0. The van der Waals surface area contributed by atoms with Crippen LogP contribution in [0.4, 0.5) is 17.1 Å². The fraction of sp³-hybridized carbons (Fsp3) is 0. The number of furan rings is 1. The van der Waals surface area contributed by atoms with Crippen LogP contribution in [0.3, 0.4) is 0 Å². The number of anilines is 3. The summed E-state index contributed by atoms with van der Waals surface area (Å²) in [6, 6.07) is 83.3. The van der Waals surface area contributed by atoms with Gasteiger partial charge in [0.1, 0.15) is 5.58 Å². The number of para-hydroxylation sites is 2. The van der Waals surface area contributed by atoms with Gasteiger partial charge in [0.15, 0.2) is 5.58 Å². The first-order chi connectivity index (χ1) is 31.3. The highest BCUT2D eigenvalue weighted by molar-refractivity contribution is 6.22. The standard InChI is InChI=1S/C60H38N2O/c1-2-14-39(15-3-1)47-36-37-57(60-58(47)53-35-28-40-16-4-7-19-48(40)59(53)63-60)61(44-31-33-45(34-32-44)62-55-24-12-10-22-51(55)52-23-11-13-25-56(52)62)43-29-26-41(27-30-43)54-38-42-17-5-6-18-46(42)49-20-8-9-21-50(49)54/h1-38H. The van der Waals surface area contributed by atoms with E-state index in [1.165, 1.54) is 54.5 Å². The average Bonchev–Trinajstić information content (AvgIpc) is 3.92. The molecule has 0 fully saturated rings. The smallest absolute Gasteiger partial charge is 0.160 e. The second kappa shape index (κ2) is 14.1. The lowest BCUT2D eigenvalue weighted by Crippen LogP contribution is -2.10. The van der Waals surface area contributed by atoms with Gasteiger partial charge in [-0.15, -0.1) is 0 Å². The second-order valence-electron chi connectivity index (χ2n) is 16.4. The summed E-state index contributed by atoms with van der Waals surface area (Å²) in [4.78, 5) is 2.36. The van der Waals surface area contributed by atoms with Crippen molar-refractivity contribution >= 4 is 93.1 Å². The van der Waals surface area contributed by atoms with Crippen LogP contribution in [-0.4, -0.2) is 4.57 Å². The van der Waals surface area contributed by atoms with E-state index in [9.17, 15) is 0 Å². The van der Waals surface area contributed by atoms with E-state index >= 15 is 0 Å². The van der Waals surface area contributed by atoms with Crippen molar-refractivity contribution in [1.82, 2.24) is 4.57 Å². The highest BCUT2D eigenvalue weighted by Gasteiger charge is 2.24. The fourth-order valence-electron chi connectivity index (χ4n) is 10.1. The summed E-state index contributed by atoms with van der Waals surface area (Å²) in [6.07, 6.45) is 0. The molecular weight excluding hydrogens is 765 g/mol. The lowest BCUT2D eigenvalue weighted by molar-refractivity contribution is 0.673. The minimum atomic E-state index is 0.846. The largest absolute Gasteiger partial charge is 0.453 e. The number of fused-ring (bicyclic) bond motifs is 11. The number of aromatic nitrogens is 1. The van der Waals surface area contributed by atoms with Crippen molar-refractivity contribution in [2.24, 2.45) is 0 Å². The molecule has 0 atom stereocenters. The van der Waals surface area contributed by atoms with Crippen LogP contribution in [0, 0.1) is 0 Å². The Bertz CT molecular complexity index is 3840. The van der Waals surface area contributed by atoms with Crippen LogP contribution in [0.25, 0.3) is 104 Å². The zero-order valence-electron chi connectivity index (χ0n) is 34.2. The Kier molecular flexibility index (Phi) is 7.91. The molecule has 0 saturated carbocycles. The van der Waals surface area contributed by atoms with Crippen molar-refractivity contribution in [3.63, 3.8) is 0 Å². The maximum atomic E-state index is 7.20. The van der Waals surface area contributed by atoms with Crippen LogP contribution < -0.4 is 4.90 Å². The summed E-state index contributed by atoms with van der Waals surface area (Å²) in [5.41, 5.74) is 12.9. The zero-order valence-corrected chi connectivity index (χ0v) is 34.2. The third kappa shape index (κ3) is 5.53. The topological polar surface area (TPSA) is 21.3 Å². The van der Waals surface area contributed by atoms with Gasteiger partial charge < -0.3 is 13.9 Å². The Morgan fingerprint density at radius 3 is 1.60 bits per heavy atom. The molecule has 63 heavy (non-hydrogen) atoms. The molecule has 3 heteroatoms. The molecule has 2 heterocycles. The van der Waals surface area contributed by atoms with Crippen LogP contribution >= 0.6 is 0 Å². The molecule has 2 aromatic heterocycles. The van der Waals surface area contributed by atoms with Gasteiger partial charge in [0, 0.05) is 44.0 Å². The van der Waals surface area contributed by atoms with E-state index in [4.69, 9.17) is 4.42 Å². The highest BCUT2D eigenvalue weighted by Crippen LogP contribution is 2.48. The van der Waals surface area contributed by atoms with Crippen molar-refractivity contribution in [3.05, 3.63) is 231 Å². The zero-order chi connectivity index (χ0) is 41.4. The molecular formula is C60H38N2O. The van der Waals surface area contributed by atoms with Gasteiger partial charge in [-0.05, 0) is 116 Å². The summed E-state index contributed by atoms with van der Waals surface area (Å²) in [6.45, 7) is 0. The average molecular weight is 803 g/mol. The normalized spacial score (nSPS) is 11.8. The Morgan fingerprint density at radius 1 is 0.333 bits per heavy atom. The third-order valence-electron chi connectivity index (χ3n) is 13.0. The van der Waals surface area contributed by atoms with Crippen LogP contribution in [0.2, 0.25) is 0 Å². The molecule has 0 aliphatic rings. The molecule has 0 aliphatic heterocycles. The lowest BCUT2D eigenvalue weighted by atomic mass is 9.93. The maximum Gasteiger partial charge on any atom is 0.160 e. The predicted octanol–water partition coefficient (Wildman–Crippen LogP) is 16.9. The van der Waals surface area contributed by atoms with Crippen LogP contribution in [0.1, 0.15) is 0 Å². The second-order valence-corrected chi connectivity index (χ2v) is 16.4. The van der Waals surface area contributed by atoms with E-state index in [0.717, 1.165) is 66.6 Å². The van der Waals surface area contributed by atoms with Crippen LogP contribution in [0.5, 0.6) is 0 Å². The van der Waals surface area contributed by atoms with E-state index in [1.54, 1.807) is 0 Å². The maximum absolute atomic E-state index is 7.20. The van der Waals surface area contributed by atoms with Crippen molar-refractivity contribution in [2.75, 3.05) is 4.90 Å². The number of benzene rings is 11. The van der Waals surface area contributed by atoms with Gasteiger partial charge >= 0.3 is 0 Å². The SMILES string of the molecule is c1ccc(-c2ccc(N(c3ccc(-c4cc5ccccc5c5ccccc45)cc3)c3ccc(-n4c5ccccc5c5ccccc54)cc3)c3oc4c5ccccc5ccc4c23)cc1. The molecule has 13 rings (SSSR count). The minimum Gasteiger partial charge on any atom is -0.453 e. The molecule has 0 bridgehead atoms. The number of rotatable bonds is 6. The quantitative estimate of drug-likeness (QED) is 0.156. The fourth-order valence-corrected chi connectivity index (χ4v) is 10.1. The lowest BCUT2D eigenvalue weighted by Gasteiger charge is -2.26. The van der Waals surface area contributed by atoms with E-state index in [0.29, 0.717) is 0 Å². The molecule has 0 amide bonds. The molecule has 0 aliphatic carbocycles. The Morgan fingerprint density at radius 2 is 0.889 bits per heavy atom. The van der Waals surface area contributed by atoms with E-state index in [2.05, 4.69) is 240 Å². The minimum absolute atomic E-state index is 0.846. The first-order valence-electron chi connectivity index (χ1n) is 21.6. The van der Waals surface area contributed by atoms with Gasteiger partial charge in [0.2, 0.25) is 0 Å². The summed E-state index contributed by atoms with van der Waals surface area (Å²) in [5, 5.41) is 12.0. The Labute approximate surface area is 363 Å². The van der Waals surface area contributed by atoms with Crippen molar-refractivity contribution in [3.8, 4) is 27.9 Å². The van der Waals surface area contributed by atoms with E-state index in [1.807, 2.05) is 0 Å². The molecule has 0 spiro atoms. The molecule has 13 aromatic rings. The number of hydrogen-bond donors (Lipinski definition) is 0. The number of hydrogen-bond acceptors (Lipinski definition) is 2. The van der Waals surface area contributed by atoms with Gasteiger partial charge in [-0.3, -0.25) is 0 Å². The van der Waals surface area contributed by atoms with Gasteiger partial charge in [0.25, 0.3) is 0 Å². The Balaban J connectivity index is 1.04. The molecule has 3 nitrogen and oxygen atoms in total. The third-order valence-corrected chi connectivity index (χ3v) is 13.0. The van der Waals surface area contributed by atoms with Gasteiger partial charge in [-0.2, -0.15) is 0 Å². The van der Waals surface area contributed by atoms with Crippen LogP contribution in [0.15, 0.2) is 235 Å². The van der Waals surface area contributed by atoms with E-state index in [-0.39, 0.29) is 0 Å². The first kappa shape index (κ1) is 35.4. The summed E-state index contributed by atoms with van der Waals surface area (Å²) in [5.74, 6) is 0.